The molecule has 0 saturated heterocycles. The van der Waals surface area contributed by atoms with E-state index in [2.05, 4.69) is 0 Å². The van der Waals surface area contributed by atoms with Gasteiger partial charge in [0.15, 0.2) is 5.75 Å². The fourth-order valence-electron chi connectivity index (χ4n) is 3.05. The van der Waals surface area contributed by atoms with Gasteiger partial charge in [-0.1, -0.05) is 35.9 Å². The van der Waals surface area contributed by atoms with Crippen molar-refractivity contribution in [1.82, 2.24) is 0 Å². The molecule has 0 bridgehead atoms. The standard InChI is InChI=1S/C19H11ClN2O3/c20-11-7-5-10(6-8-11)15-13(9-21)18(22)25-17-12-3-1-2-4-14(12)24-19(23)16(15)17/h1-8,15H,22H2/t15-/m0/s1. The number of nitrogens with two attached hydrogens (primary N) is 1. The van der Waals surface area contributed by atoms with Crippen LogP contribution in [0.4, 0.5) is 0 Å². The molecular formula is C19H11ClN2O3. The molecule has 0 unspecified atom stereocenters. The SMILES string of the molecule is N#CC1=C(N)Oc2c(c(=O)oc3ccccc23)[C@H]1c1ccc(Cl)cc1. The van der Waals surface area contributed by atoms with Gasteiger partial charge in [-0.15, -0.1) is 0 Å². The molecule has 1 aliphatic rings. The molecule has 1 atom stereocenters. The molecule has 0 spiro atoms. The van der Waals surface area contributed by atoms with Crippen molar-refractivity contribution in [2.45, 2.75) is 5.92 Å². The molecule has 0 amide bonds. The molecule has 1 aromatic heterocycles. The van der Waals surface area contributed by atoms with Crippen molar-refractivity contribution in [3.05, 3.63) is 86.6 Å². The van der Waals surface area contributed by atoms with Gasteiger partial charge in [-0.25, -0.2) is 4.79 Å². The van der Waals surface area contributed by atoms with E-state index in [1.165, 1.54) is 0 Å². The normalized spacial score (nSPS) is 16.2. The number of hydrogen-bond acceptors (Lipinski definition) is 5. The third-order valence-corrected chi connectivity index (χ3v) is 4.43. The van der Waals surface area contributed by atoms with Gasteiger partial charge in [-0.2, -0.15) is 5.26 Å². The first-order chi connectivity index (χ1) is 12.1. The molecule has 3 aromatic rings. The van der Waals surface area contributed by atoms with Gasteiger partial charge in [0.25, 0.3) is 0 Å². The number of nitriles is 1. The maximum absolute atomic E-state index is 12.7. The molecule has 6 heteroatoms. The summed E-state index contributed by atoms with van der Waals surface area (Å²) >= 11 is 5.95. The Labute approximate surface area is 147 Å². The Kier molecular flexibility index (Phi) is 3.48. The van der Waals surface area contributed by atoms with Crippen molar-refractivity contribution in [2.24, 2.45) is 5.73 Å². The number of para-hydroxylation sites is 1. The summed E-state index contributed by atoms with van der Waals surface area (Å²) in [5.41, 5.74) is 6.94. The third kappa shape index (κ3) is 2.35. The molecule has 25 heavy (non-hydrogen) atoms. The van der Waals surface area contributed by atoms with Gasteiger partial charge in [0.2, 0.25) is 5.88 Å². The number of halogens is 1. The largest absolute Gasteiger partial charge is 0.439 e. The minimum absolute atomic E-state index is 0.0225. The summed E-state index contributed by atoms with van der Waals surface area (Å²) in [5.74, 6) is -0.374. The van der Waals surface area contributed by atoms with Gasteiger partial charge in [0.05, 0.1) is 16.9 Å². The summed E-state index contributed by atoms with van der Waals surface area (Å²) in [6, 6.07) is 16.0. The summed E-state index contributed by atoms with van der Waals surface area (Å²) < 4.78 is 11.1. The van der Waals surface area contributed by atoms with Crippen LogP contribution in [0, 0.1) is 11.3 Å². The predicted molar refractivity (Wildman–Crippen MR) is 93.2 cm³/mol. The lowest BCUT2D eigenvalue weighted by Crippen LogP contribution is -2.26. The highest BCUT2D eigenvalue weighted by Crippen LogP contribution is 2.43. The molecular weight excluding hydrogens is 340 g/mol. The average molecular weight is 351 g/mol. The average Bonchev–Trinajstić information content (AvgIpc) is 2.61. The smallest absolute Gasteiger partial charge is 0.344 e. The quantitative estimate of drug-likeness (QED) is 0.676. The van der Waals surface area contributed by atoms with Gasteiger partial charge in [0.1, 0.15) is 17.2 Å². The Morgan fingerprint density at radius 3 is 2.56 bits per heavy atom. The number of hydrogen-bond donors (Lipinski definition) is 1. The lowest BCUT2D eigenvalue weighted by molar-refractivity contribution is 0.388. The number of rotatable bonds is 1. The molecule has 5 nitrogen and oxygen atoms in total. The Hall–Kier alpha value is -3.23. The van der Waals surface area contributed by atoms with Crippen LogP contribution in [0.15, 0.2) is 69.2 Å². The predicted octanol–water partition coefficient (Wildman–Crippen LogP) is 3.66. The molecule has 0 fully saturated rings. The third-order valence-electron chi connectivity index (χ3n) is 4.18. The lowest BCUT2D eigenvalue weighted by Gasteiger charge is -2.25. The van der Waals surface area contributed by atoms with Crippen LogP contribution in [0.2, 0.25) is 5.02 Å². The molecule has 2 N–H and O–H groups in total. The van der Waals surface area contributed by atoms with Crippen LogP contribution in [0.1, 0.15) is 17.0 Å². The van der Waals surface area contributed by atoms with E-state index in [4.69, 9.17) is 26.5 Å². The minimum Gasteiger partial charge on any atom is -0.439 e. The Bertz CT molecular complexity index is 1120. The zero-order valence-corrected chi connectivity index (χ0v) is 13.6. The fraction of sp³-hybridized carbons (Fsp3) is 0.0526. The van der Waals surface area contributed by atoms with Crippen molar-refractivity contribution >= 4 is 22.6 Å². The summed E-state index contributed by atoms with van der Waals surface area (Å²) in [5, 5.41) is 10.7. The molecule has 0 aliphatic carbocycles. The highest BCUT2D eigenvalue weighted by atomic mass is 35.5. The summed E-state index contributed by atoms with van der Waals surface area (Å²) in [6.45, 7) is 0. The highest BCUT2D eigenvalue weighted by molar-refractivity contribution is 6.30. The lowest BCUT2D eigenvalue weighted by atomic mass is 9.84. The Morgan fingerprint density at radius 2 is 1.84 bits per heavy atom. The van der Waals surface area contributed by atoms with Crippen molar-refractivity contribution in [3.8, 4) is 11.8 Å². The second kappa shape index (κ2) is 5.69. The number of nitrogens with zero attached hydrogens (tertiary/aromatic N) is 1. The molecule has 0 radical (unpaired) electrons. The fourth-order valence-corrected chi connectivity index (χ4v) is 3.18. The second-order valence-corrected chi connectivity index (χ2v) is 6.04. The zero-order valence-electron chi connectivity index (χ0n) is 12.8. The number of allylic oxidation sites excluding steroid dienone is 1. The van der Waals surface area contributed by atoms with Gasteiger partial charge in [-0.05, 0) is 29.8 Å². The van der Waals surface area contributed by atoms with Gasteiger partial charge < -0.3 is 14.9 Å². The molecule has 1 aliphatic heterocycles. The van der Waals surface area contributed by atoms with E-state index < -0.39 is 11.5 Å². The van der Waals surface area contributed by atoms with E-state index in [9.17, 15) is 10.1 Å². The van der Waals surface area contributed by atoms with E-state index in [1.807, 2.05) is 12.1 Å². The maximum atomic E-state index is 12.7. The molecule has 4 rings (SSSR count). The topological polar surface area (TPSA) is 89.3 Å². The van der Waals surface area contributed by atoms with Gasteiger partial charge in [-0.3, -0.25) is 0 Å². The Balaban J connectivity index is 2.08. The summed E-state index contributed by atoms with van der Waals surface area (Å²) in [6.07, 6.45) is 0. The molecule has 2 heterocycles. The van der Waals surface area contributed by atoms with Gasteiger partial charge in [0, 0.05) is 5.02 Å². The van der Waals surface area contributed by atoms with Crippen LogP contribution in [-0.4, -0.2) is 0 Å². The van der Waals surface area contributed by atoms with Crippen molar-refractivity contribution in [1.29, 1.82) is 5.26 Å². The summed E-state index contributed by atoms with van der Waals surface area (Å²) in [4.78, 5) is 12.7. The number of benzene rings is 2. The number of fused-ring (bicyclic) bond motifs is 3. The van der Waals surface area contributed by atoms with Crippen molar-refractivity contribution in [2.75, 3.05) is 0 Å². The van der Waals surface area contributed by atoms with Crippen LogP contribution in [0.3, 0.4) is 0 Å². The van der Waals surface area contributed by atoms with E-state index in [0.29, 0.717) is 27.3 Å². The van der Waals surface area contributed by atoms with Crippen LogP contribution < -0.4 is 16.1 Å². The van der Waals surface area contributed by atoms with Crippen LogP contribution in [0.5, 0.6) is 5.75 Å². The van der Waals surface area contributed by atoms with Crippen molar-refractivity contribution in [3.63, 3.8) is 0 Å². The molecule has 122 valence electrons. The van der Waals surface area contributed by atoms with Gasteiger partial charge >= 0.3 is 5.63 Å². The monoisotopic (exact) mass is 350 g/mol. The summed E-state index contributed by atoms with van der Waals surface area (Å²) in [7, 11) is 0. The molecule has 2 aromatic carbocycles. The van der Waals surface area contributed by atoms with E-state index in [-0.39, 0.29) is 17.0 Å². The second-order valence-electron chi connectivity index (χ2n) is 5.60. The van der Waals surface area contributed by atoms with Crippen LogP contribution >= 0.6 is 11.6 Å². The van der Waals surface area contributed by atoms with Crippen LogP contribution in [0.25, 0.3) is 11.0 Å². The minimum atomic E-state index is -0.674. The zero-order chi connectivity index (χ0) is 17.6. The highest BCUT2D eigenvalue weighted by Gasteiger charge is 2.35. The molecule has 0 saturated carbocycles. The van der Waals surface area contributed by atoms with Crippen molar-refractivity contribution < 1.29 is 9.15 Å². The van der Waals surface area contributed by atoms with E-state index in [0.717, 1.165) is 0 Å². The first-order valence-corrected chi connectivity index (χ1v) is 7.86. The Morgan fingerprint density at radius 1 is 1.12 bits per heavy atom. The first kappa shape index (κ1) is 15.3. The van der Waals surface area contributed by atoms with E-state index in [1.54, 1.807) is 42.5 Å². The van der Waals surface area contributed by atoms with E-state index >= 15 is 0 Å². The first-order valence-electron chi connectivity index (χ1n) is 7.49. The number of ether oxygens (including phenoxy) is 1. The maximum Gasteiger partial charge on any atom is 0.344 e. The van der Waals surface area contributed by atoms with Crippen LogP contribution in [-0.2, 0) is 0 Å².